The van der Waals surface area contributed by atoms with Crippen molar-refractivity contribution in [3.05, 3.63) is 60.3 Å². The summed E-state index contributed by atoms with van der Waals surface area (Å²) in [6, 6.07) is 15.6. The molecule has 5 rings (SSSR count). The SMILES string of the molecule is Cc1cccc(-c2nccc(N3CCC(C(=O)Nc4ccc5c(c4)OCO5)CC3)n2)c1. The summed E-state index contributed by atoms with van der Waals surface area (Å²) < 4.78 is 10.7. The molecule has 158 valence electrons. The number of aryl methyl sites for hydroxylation is 1. The average Bonchev–Trinajstić information content (AvgIpc) is 3.27. The van der Waals surface area contributed by atoms with Crippen molar-refractivity contribution in [2.24, 2.45) is 5.92 Å². The molecule has 1 fully saturated rings. The molecule has 0 unspecified atom stereocenters. The minimum atomic E-state index is -0.0280. The van der Waals surface area contributed by atoms with E-state index >= 15 is 0 Å². The van der Waals surface area contributed by atoms with Crippen LogP contribution < -0.4 is 19.7 Å². The van der Waals surface area contributed by atoms with Crippen LogP contribution in [0.3, 0.4) is 0 Å². The van der Waals surface area contributed by atoms with Gasteiger partial charge in [0.2, 0.25) is 12.7 Å². The van der Waals surface area contributed by atoms with E-state index in [1.54, 1.807) is 6.20 Å². The van der Waals surface area contributed by atoms with Crippen molar-refractivity contribution in [1.82, 2.24) is 9.97 Å². The van der Waals surface area contributed by atoms with E-state index in [-0.39, 0.29) is 18.6 Å². The fourth-order valence-electron chi connectivity index (χ4n) is 4.04. The van der Waals surface area contributed by atoms with E-state index in [1.165, 1.54) is 5.56 Å². The van der Waals surface area contributed by atoms with Gasteiger partial charge in [-0.3, -0.25) is 4.79 Å². The molecule has 2 aromatic carbocycles. The summed E-state index contributed by atoms with van der Waals surface area (Å²) in [4.78, 5) is 24.2. The Labute approximate surface area is 181 Å². The molecule has 1 aromatic heterocycles. The lowest BCUT2D eigenvalue weighted by Gasteiger charge is -2.32. The number of piperidine rings is 1. The molecule has 0 atom stereocenters. The number of rotatable bonds is 4. The maximum Gasteiger partial charge on any atom is 0.231 e. The van der Waals surface area contributed by atoms with Crippen LogP contribution in [-0.2, 0) is 4.79 Å². The summed E-state index contributed by atoms with van der Waals surface area (Å²) in [5.41, 5.74) is 2.93. The van der Waals surface area contributed by atoms with Crippen LogP contribution in [0.2, 0.25) is 0 Å². The van der Waals surface area contributed by atoms with Crippen molar-refractivity contribution in [2.45, 2.75) is 19.8 Å². The molecule has 31 heavy (non-hydrogen) atoms. The van der Waals surface area contributed by atoms with Gasteiger partial charge >= 0.3 is 0 Å². The molecule has 0 spiro atoms. The molecule has 0 saturated carbocycles. The minimum Gasteiger partial charge on any atom is -0.454 e. The van der Waals surface area contributed by atoms with Crippen molar-refractivity contribution in [3.8, 4) is 22.9 Å². The Morgan fingerprint density at radius 2 is 1.90 bits per heavy atom. The zero-order valence-corrected chi connectivity index (χ0v) is 17.4. The first kappa shape index (κ1) is 19.4. The Morgan fingerprint density at radius 3 is 2.74 bits per heavy atom. The summed E-state index contributed by atoms with van der Waals surface area (Å²) in [7, 11) is 0. The zero-order chi connectivity index (χ0) is 21.2. The van der Waals surface area contributed by atoms with Crippen LogP contribution in [0.4, 0.5) is 11.5 Å². The van der Waals surface area contributed by atoms with Crippen LogP contribution in [0.25, 0.3) is 11.4 Å². The zero-order valence-electron chi connectivity index (χ0n) is 17.4. The number of anilines is 2. The number of fused-ring (bicyclic) bond motifs is 1. The minimum absolute atomic E-state index is 0.0280. The van der Waals surface area contributed by atoms with Crippen LogP contribution in [0.5, 0.6) is 11.5 Å². The van der Waals surface area contributed by atoms with Gasteiger partial charge in [-0.25, -0.2) is 9.97 Å². The number of ether oxygens (including phenoxy) is 2. The van der Waals surface area contributed by atoms with Gasteiger partial charge in [0, 0.05) is 42.5 Å². The van der Waals surface area contributed by atoms with E-state index < -0.39 is 0 Å². The quantitative estimate of drug-likeness (QED) is 0.692. The molecule has 1 saturated heterocycles. The topological polar surface area (TPSA) is 76.6 Å². The van der Waals surface area contributed by atoms with Crippen molar-refractivity contribution in [3.63, 3.8) is 0 Å². The fraction of sp³-hybridized carbons (Fsp3) is 0.292. The van der Waals surface area contributed by atoms with E-state index in [0.29, 0.717) is 11.5 Å². The van der Waals surface area contributed by atoms with Gasteiger partial charge in [-0.1, -0.05) is 23.8 Å². The third-order valence-electron chi connectivity index (χ3n) is 5.75. The molecular formula is C24H24N4O3. The lowest BCUT2D eigenvalue weighted by Crippen LogP contribution is -2.38. The van der Waals surface area contributed by atoms with Crippen LogP contribution >= 0.6 is 0 Å². The lowest BCUT2D eigenvalue weighted by atomic mass is 9.95. The second kappa shape index (κ2) is 8.26. The molecule has 3 heterocycles. The molecule has 7 nitrogen and oxygen atoms in total. The summed E-state index contributed by atoms with van der Waals surface area (Å²) in [5.74, 6) is 3.02. The molecule has 1 N–H and O–H groups in total. The Morgan fingerprint density at radius 1 is 1.06 bits per heavy atom. The number of amides is 1. The van der Waals surface area contributed by atoms with Crippen molar-refractivity contribution in [1.29, 1.82) is 0 Å². The summed E-state index contributed by atoms with van der Waals surface area (Å²) >= 11 is 0. The highest BCUT2D eigenvalue weighted by Gasteiger charge is 2.26. The molecular weight excluding hydrogens is 392 g/mol. The summed E-state index contributed by atoms with van der Waals surface area (Å²) in [6.07, 6.45) is 3.36. The molecule has 3 aromatic rings. The van der Waals surface area contributed by atoms with Crippen LogP contribution in [-0.4, -0.2) is 35.8 Å². The van der Waals surface area contributed by atoms with E-state index in [2.05, 4.69) is 34.3 Å². The van der Waals surface area contributed by atoms with Crippen molar-refractivity contribution in [2.75, 3.05) is 30.1 Å². The standard InChI is InChI=1S/C24H24N4O3/c1-16-3-2-4-18(13-16)23-25-10-7-22(27-23)28-11-8-17(9-12-28)24(29)26-19-5-6-20-21(14-19)31-15-30-20/h2-7,10,13-14,17H,8-9,11-12,15H2,1H3,(H,26,29). The van der Waals surface area contributed by atoms with Gasteiger partial charge in [-0.2, -0.15) is 0 Å². The highest BCUT2D eigenvalue weighted by Crippen LogP contribution is 2.34. The first-order valence-corrected chi connectivity index (χ1v) is 10.5. The average molecular weight is 416 g/mol. The summed E-state index contributed by atoms with van der Waals surface area (Å²) in [6.45, 7) is 3.85. The third-order valence-corrected chi connectivity index (χ3v) is 5.75. The van der Waals surface area contributed by atoms with Gasteiger partial charge in [0.05, 0.1) is 0 Å². The van der Waals surface area contributed by atoms with Crippen molar-refractivity contribution >= 4 is 17.4 Å². The number of nitrogens with zero attached hydrogens (tertiary/aromatic N) is 3. The highest BCUT2D eigenvalue weighted by molar-refractivity contribution is 5.93. The second-order valence-electron chi connectivity index (χ2n) is 7.93. The first-order chi connectivity index (χ1) is 15.2. The monoisotopic (exact) mass is 416 g/mol. The molecule has 7 heteroatoms. The maximum atomic E-state index is 12.8. The molecule has 2 aliphatic rings. The van der Waals surface area contributed by atoms with E-state index in [1.807, 2.05) is 36.4 Å². The van der Waals surface area contributed by atoms with Crippen LogP contribution in [0.1, 0.15) is 18.4 Å². The number of nitrogens with one attached hydrogen (secondary N) is 1. The fourth-order valence-corrected chi connectivity index (χ4v) is 4.04. The number of hydrogen-bond donors (Lipinski definition) is 1. The number of carbonyl (C=O) groups excluding carboxylic acids is 1. The lowest BCUT2D eigenvalue weighted by molar-refractivity contribution is -0.120. The largest absolute Gasteiger partial charge is 0.454 e. The smallest absolute Gasteiger partial charge is 0.231 e. The molecule has 0 aliphatic carbocycles. The number of carbonyl (C=O) groups is 1. The maximum absolute atomic E-state index is 12.8. The normalized spacial score (nSPS) is 15.7. The number of aromatic nitrogens is 2. The predicted octanol–water partition coefficient (Wildman–Crippen LogP) is 4.04. The first-order valence-electron chi connectivity index (χ1n) is 10.5. The molecule has 1 amide bonds. The van der Waals surface area contributed by atoms with Crippen LogP contribution in [0.15, 0.2) is 54.7 Å². The van der Waals surface area contributed by atoms with Gasteiger partial charge in [-0.15, -0.1) is 0 Å². The Bertz CT molecular complexity index is 1110. The second-order valence-corrected chi connectivity index (χ2v) is 7.93. The molecule has 0 radical (unpaired) electrons. The number of hydrogen-bond acceptors (Lipinski definition) is 6. The van der Waals surface area contributed by atoms with E-state index in [9.17, 15) is 4.79 Å². The van der Waals surface area contributed by atoms with Crippen molar-refractivity contribution < 1.29 is 14.3 Å². The molecule has 2 aliphatic heterocycles. The molecule has 0 bridgehead atoms. The van der Waals surface area contributed by atoms with Gasteiger partial charge in [0.25, 0.3) is 0 Å². The van der Waals surface area contributed by atoms with E-state index in [4.69, 9.17) is 14.5 Å². The summed E-state index contributed by atoms with van der Waals surface area (Å²) in [5, 5.41) is 3.01. The predicted molar refractivity (Wildman–Crippen MR) is 118 cm³/mol. The Balaban J connectivity index is 1.21. The van der Waals surface area contributed by atoms with Gasteiger partial charge in [-0.05, 0) is 44.0 Å². The Hall–Kier alpha value is -3.61. The van der Waals surface area contributed by atoms with Gasteiger partial charge in [0.1, 0.15) is 5.82 Å². The highest BCUT2D eigenvalue weighted by atomic mass is 16.7. The third kappa shape index (κ3) is 4.17. The van der Waals surface area contributed by atoms with Crippen LogP contribution in [0, 0.1) is 12.8 Å². The number of benzene rings is 2. The van der Waals surface area contributed by atoms with Gasteiger partial charge in [0.15, 0.2) is 17.3 Å². The van der Waals surface area contributed by atoms with E-state index in [0.717, 1.165) is 48.8 Å². The van der Waals surface area contributed by atoms with Gasteiger partial charge < -0.3 is 19.7 Å². The Kier molecular flexibility index (Phi) is 5.16.